The Bertz CT molecular complexity index is 636. The maximum atomic E-state index is 12.2. The second kappa shape index (κ2) is 5.19. The molecule has 1 aromatic carbocycles. The van der Waals surface area contributed by atoms with Crippen molar-refractivity contribution in [2.75, 3.05) is 11.9 Å². The Morgan fingerprint density at radius 3 is 2.74 bits per heavy atom. The fourth-order valence-electron chi connectivity index (χ4n) is 1.62. The van der Waals surface area contributed by atoms with Gasteiger partial charge in [0, 0.05) is 24.4 Å². The summed E-state index contributed by atoms with van der Waals surface area (Å²) in [5.41, 5.74) is 7.24. The number of nitrogens with zero attached hydrogens (tertiary/aromatic N) is 2. The third-order valence-electron chi connectivity index (χ3n) is 2.67. The molecule has 0 fully saturated rings. The first-order chi connectivity index (χ1) is 8.99. The van der Waals surface area contributed by atoms with Crippen molar-refractivity contribution in [1.82, 2.24) is 5.16 Å². The standard InChI is InChI=1S/C13H13N3O2S/c1-8-6-11(15-18-8)13(17)16(2)10-5-3-4-9(7-10)12(14)19/h3-7H,1-2H3,(H2,14,19). The minimum Gasteiger partial charge on any atom is -0.389 e. The molecule has 1 amide bonds. The van der Waals surface area contributed by atoms with Crippen molar-refractivity contribution in [3.8, 4) is 0 Å². The Kier molecular flexibility index (Phi) is 3.62. The number of carbonyl (C=O) groups excluding carboxylic acids is 1. The van der Waals surface area contributed by atoms with E-state index in [1.807, 2.05) is 0 Å². The van der Waals surface area contributed by atoms with Crippen LogP contribution in [0.15, 0.2) is 34.9 Å². The molecular formula is C13H13N3O2S. The van der Waals surface area contributed by atoms with Gasteiger partial charge in [0.15, 0.2) is 5.69 Å². The molecule has 0 aliphatic heterocycles. The van der Waals surface area contributed by atoms with Crippen molar-refractivity contribution in [3.63, 3.8) is 0 Å². The first-order valence-corrected chi connectivity index (χ1v) is 6.01. The van der Waals surface area contributed by atoms with E-state index in [0.717, 1.165) is 0 Å². The molecule has 0 aliphatic rings. The van der Waals surface area contributed by atoms with Crippen LogP contribution in [0.1, 0.15) is 21.8 Å². The normalized spacial score (nSPS) is 10.2. The van der Waals surface area contributed by atoms with Gasteiger partial charge in [0.1, 0.15) is 10.7 Å². The van der Waals surface area contributed by atoms with E-state index in [4.69, 9.17) is 22.5 Å². The largest absolute Gasteiger partial charge is 0.389 e. The highest BCUT2D eigenvalue weighted by molar-refractivity contribution is 7.80. The molecule has 2 rings (SSSR count). The van der Waals surface area contributed by atoms with Crippen LogP contribution in [-0.2, 0) is 0 Å². The monoisotopic (exact) mass is 275 g/mol. The Morgan fingerprint density at radius 1 is 1.42 bits per heavy atom. The molecule has 1 heterocycles. The Morgan fingerprint density at radius 2 is 2.16 bits per heavy atom. The predicted molar refractivity (Wildman–Crippen MR) is 76.3 cm³/mol. The third kappa shape index (κ3) is 2.79. The first kappa shape index (κ1) is 13.2. The van der Waals surface area contributed by atoms with E-state index in [-0.39, 0.29) is 11.6 Å². The van der Waals surface area contributed by atoms with E-state index < -0.39 is 0 Å². The molecule has 5 nitrogen and oxygen atoms in total. The number of benzene rings is 1. The van der Waals surface area contributed by atoms with Crippen molar-refractivity contribution < 1.29 is 9.32 Å². The summed E-state index contributed by atoms with van der Waals surface area (Å²) in [5, 5.41) is 3.70. The van der Waals surface area contributed by atoms with Crippen LogP contribution in [0, 0.1) is 6.92 Å². The lowest BCUT2D eigenvalue weighted by Gasteiger charge is -2.16. The Balaban J connectivity index is 2.28. The van der Waals surface area contributed by atoms with E-state index >= 15 is 0 Å². The van der Waals surface area contributed by atoms with Gasteiger partial charge in [-0.05, 0) is 19.1 Å². The average molecular weight is 275 g/mol. The van der Waals surface area contributed by atoms with E-state index in [1.54, 1.807) is 44.3 Å². The number of nitrogens with two attached hydrogens (primary N) is 1. The first-order valence-electron chi connectivity index (χ1n) is 5.60. The summed E-state index contributed by atoms with van der Waals surface area (Å²) < 4.78 is 4.90. The van der Waals surface area contributed by atoms with Crippen LogP contribution in [-0.4, -0.2) is 23.1 Å². The van der Waals surface area contributed by atoms with Crippen LogP contribution in [0.5, 0.6) is 0 Å². The zero-order valence-corrected chi connectivity index (χ0v) is 11.4. The van der Waals surface area contributed by atoms with Crippen molar-refractivity contribution in [2.45, 2.75) is 6.92 Å². The lowest BCUT2D eigenvalue weighted by atomic mass is 10.2. The number of hydrogen-bond acceptors (Lipinski definition) is 4. The van der Waals surface area contributed by atoms with Gasteiger partial charge in [-0.3, -0.25) is 4.79 Å². The molecule has 0 radical (unpaired) electrons. The van der Waals surface area contributed by atoms with Crippen molar-refractivity contribution >= 4 is 28.8 Å². The molecule has 2 N–H and O–H groups in total. The molecule has 0 atom stereocenters. The molecule has 0 aliphatic carbocycles. The molecule has 0 bridgehead atoms. The van der Waals surface area contributed by atoms with E-state index in [0.29, 0.717) is 22.0 Å². The molecule has 0 saturated carbocycles. The number of amides is 1. The van der Waals surface area contributed by atoms with Gasteiger partial charge in [0.2, 0.25) is 0 Å². The highest BCUT2D eigenvalue weighted by Crippen LogP contribution is 2.17. The number of carbonyl (C=O) groups is 1. The Labute approximate surface area is 116 Å². The summed E-state index contributed by atoms with van der Waals surface area (Å²) in [4.78, 5) is 13.9. The van der Waals surface area contributed by atoms with Gasteiger partial charge in [0.25, 0.3) is 5.91 Å². The summed E-state index contributed by atoms with van der Waals surface area (Å²) >= 11 is 4.92. The lowest BCUT2D eigenvalue weighted by molar-refractivity contribution is 0.0984. The van der Waals surface area contributed by atoms with Crippen LogP contribution in [0.4, 0.5) is 5.69 Å². The molecule has 6 heteroatoms. The maximum Gasteiger partial charge on any atom is 0.280 e. The van der Waals surface area contributed by atoms with Gasteiger partial charge in [-0.25, -0.2) is 0 Å². The summed E-state index contributed by atoms with van der Waals surface area (Å²) in [5.74, 6) is 0.338. The van der Waals surface area contributed by atoms with Gasteiger partial charge < -0.3 is 15.2 Å². The SMILES string of the molecule is Cc1cc(C(=O)N(C)c2cccc(C(N)=S)c2)no1. The highest BCUT2D eigenvalue weighted by atomic mass is 32.1. The van der Waals surface area contributed by atoms with Crippen molar-refractivity contribution in [1.29, 1.82) is 0 Å². The van der Waals surface area contributed by atoms with Crippen LogP contribution in [0.2, 0.25) is 0 Å². The molecule has 1 aromatic heterocycles. The summed E-state index contributed by atoms with van der Waals surface area (Å²) in [7, 11) is 1.66. The van der Waals surface area contributed by atoms with Gasteiger partial charge in [-0.15, -0.1) is 0 Å². The smallest absolute Gasteiger partial charge is 0.280 e. The number of rotatable bonds is 3. The molecule has 0 unspecified atom stereocenters. The molecule has 2 aromatic rings. The molecule has 19 heavy (non-hydrogen) atoms. The molecule has 98 valence electrons. The lowest BCUT2D eigenvalue weighted by Crippen LogP contribution is -2.26. The molecule has 0 spiro atoms. The van der Waals surface area contributed by atoms with Crippen LogP contribution >= 0.6 is 12.2 Å². The van der Waals surface area contributed by atoms with Gasteiger partial charge in [-0.2, -0.15) is 0 Å². The van der Waals surface area contributed by atoms with E-state index in [1.165, 1.54) is 4.90 Å². The number of hydrogen-bond donors (Lipinski definition) is 1. The van der Waals surface area contributed by atoms with Crippen LogP contribution in [0.3, 0.4) is 0 Å². The van der Waals surface area contributed by atoms with Crippen LogP contribution in [0.25, 0.3) is 0 Å². The zero-order valence-electron chi connectivity index (χ0n) is 10.6. The fraction of sp³-hybridized carbons (Fsp3) is 0.154. The van der Waals surface area contributed by atoms with Gasteiger partial charge in [-0.1, -0.05) is 29.5 Å². The topological polar surface area (TPSA) is 72.4 Å². The third-order valence-corrected chi connectivity index (χ3v) is 2.91. The number of anilines is 1. The zero-order chi connectivity index (χ0) is 14.0. The number of thiocarbonyl (C=S) groups is 1. The minimum atomic E-state index is -0.253. The highest BCUT2D eigenvalue weighted by Gasteiger charge is 2.17. The van der Waals surface area contributed by atoms with Crippen molar-refractivity contribution in [3.05, 3.63) is 47.3 Å². The quantitative estimate of drug-likeness (QED) is 0.866. The summed E-state index contributed by atoms with van der Waals surface area (Å²) in [6, 6.07) is 8.74. The summed E-state index contributed by atoms with van der Waals surface area (Å²) in [6.07, 6.45) is 0. The predicted octanol–water partition coefficient (Wildman–Crippen LogP) is 1.89. The number of aryl methyl sites for hydroxylation is 1. The van der Waals surface area contributed by atoms with Crippen LogP contribution < -0.4 is 10.6 Å². The van der Waals surface area contributed by atoms with Crippen molar-refractivity contribution in [2.24, 2.45) is 5.73 Å². The van der Waals surface area contributed by atoms with Gasteiger partial charge in [0.05, 0.1) is 0 Å². The van der Waals surface area contributed by atoms with E-state index in [2.05, 4.69) is 5.16 Å². The molecule has 0 saturated heterocycles. The second-order valence-electron chi connectivity index (χ2n) is 4.10. The second-order valence-corrected chi connectivity index (χ2v) is 4.54. The summed E-state index contributed by atoms with van der Waals surface area (Å²) in [6.45, 7) is 1.73. The fourth-order valence-corrected chi connectivity index (χ4v) is 1.75. The Hall–Kier alpha value is -2.21. The average Bonchev–Trinajstić information content (AvgIpc) is 2.84. The van der Waals surface area contributed by atoms with Gasteiger partial charge >= 0.3 is 0 Å². The molecular weight excluding hydrogens is 262 g/mol. The maximum absolute atomic E-state index is 12.2. The number of aromatic nitrogens is 1. The van der Waals surface area contributed by atoms with E-state index in [9.17, 15) is 4.79 Å². The minimum absolute atomic E-state index is 0.253.